The van der Waals surface area contributed by atoms with Crippen molar-refractivity contribution in [3.63, 3.8) is 0 Å². The van der Waals surface area contributed by atoms with Crippen molar-refractivity contribution in [2.45, 2.75) is 11.8 Å². The molecule has 0 aliphatic carbocycles. The minimum absolute atomic E-state index is 0.0755. The van der Waals surface area contributed by atoms with Crippen LogP contribution in [0.15, 0.2) is 41.3 Å². The fourth-order valence-corrected chi connectivity index (χ4v) is 3.53. The summed E-state index contributed by atoms with van der Waals surface area (Å²) in [6.07, 6.45) is 0. The first-order valence-corrected chi connectivity index (χ1v) is 7.88. The SMILES string of the molecule is Cc1c(N)cccc1NS(=O)(=O)c1cc(Cl)ccc1Cl. The van der Waals surface area contributed by atoms with Gasteiger partial charge in [0.1, 0.15) is 4.90 Å². The Morgan fingerprint density at radius 3 is 2.55 bits per heavy atom. The molecule has 20 heavy (non-hydrogen) atoms. The molecule has 2 aromatic carbocycles. The highest BCUT2D eigenvalue weighted by Crippen LogP contribution is 2.28. The van der Waals surface area contributed by atoms with Gasteiger partial charge in [0.2, 0.25) is 0 Å². The Balaban J connectivity index is 2.46. The Kier molecular flexibility index (Phi) is 4.13. The van der Waals surface area contributed by atoms with Crippen LogP contribution in [0.4, 0.5) is 11.4 Å². The lowest BCUT2D eigenvalue weighted by atomic mass is 10.2. The van der Waals surface area contributed by atoms with E-state index in [0.717, 1.165) is 0 Å². The molecule has 0 bridgehead atoms. The van der Waals surface area contributed by atoms with E-state index in [0.29, 0.717) is 22.0 Å². The topological polar surface area (TPSA) is 72.2 Å². The maximum Gasteiger partial charge on any atom is 0.263 e. The van der Waals surface area contributed by atoms with Gasteiger partial charge in [-0.05, 0) is 42.8 Å². The van der Waals surface area contributed by atoms with Crippen molar-refractivity contribution in [3.8, 4) is 0 Å². The number of nitrogens with one attached hydrogen (secondary N) is 1. The summed E-state index contributed by atoms with van der Waals surface area (Å²) in [6.45, 7) is 1.73. The van der Waals surface area contributed by atoms with E-state index < -0.39 is 10.0 Å². The summed E-state index contributed by atoms with van der Waals surface area (Å²) in [5.41, 5.74) is 7.30. The Morgan fingerprint density at radius 2 is 1.85 bits per heavy atom. The minimum atomic E-state index is -3.83. The van der Waals surface area contributed by atoms with Crippen molar-refractivity contribution in [3.05, 3.63) is 52.0 Å². The molecule has 0 radical (unpaired) electrons. The standard InChI is InChI=1S/C13H12Cl2N2O2S/c1-8-11(16)3-2-4-12(8)17-20(18,19)13-7-9(14)5-6-10(13)15/h2-7,17H,16H2,1H3. The summed E-state index contributed by atoms with van der Waals surface area (Å²) in [7, 11) is -3.83. The van der Waals surface area contributed by atoms with Gasteiger partial charge in [-0.15, -0.1) is 0 Å². The van der Waals surface area contributed by atoms with Crippen molar-refractivity contribution < 1.29 is 8.42 Å². The second kappa shape index (κ2) is 5.52. The minimum Gasteiger partial charge on any atom is -0.398 e. The van der Waals surface area contributed by atoms with E-state index in [2.05, 4.69) is 4.72 Å². The van der Waals surface area contributed by atoms with Crippen LogP contribution in [0.25, 0.3) is 0 Å². The third kappa shape index (κ3) is 3.00. The Labute approximate surface area is 127 Å². The first-order valence-electron chi connectivity index (χ1n) is 5.64. The van der Waals surface area contributed by atoms with Crippen molar-refractivity contribution in [1.82, 2.24) is 0 Å². The molecule has 0 atom stereocenters. The van der Waals surface area contributed by atoms with Crippen LogP contribution >= 0.6 is 23.2 Å². The molecule has 0 saturated heterocycles. The van der Waals surface area contributed by atoms with Crippen molar-refractivity contribution in [2.75, 3.05) is 10.5 Å². The first kappa shape index (κ1) is 15.0. The van der Waals surface area contributed by atoms with E-state index in [1.165, 1.54) is 18.2 Å². The third-order valence-electron chi connectivity index (χ3n) is 2.80. The zero-order valence-corrected chi connectivity index (χ0v) is 12.9. The molecule has 0 aliphatic heterocycles. The van der Waals surface area contributed by atoms with Crippen LogP contribution in [-0.2, 0) is 10.0 Å². The number of nitrogen functional groups attached to an aromatic ring is 1. The molecular weight excluding hydrogens is 319 g/mol. The van der Waals surface area contributed by atoms with E-state index in [4.69, 9.17) is 28.9 Å². The molecule has 4 nitrogen and oxygen atoms in total. The quantitative estimate of drug-likeness (QED) is 0.843. The first-order chi connectivity index (χ1) is 9.31. The van der Waals surface area contributed by atoms with Crippen LogP contribution in [0.2, 0.25) is 10.0 Å². The van der Waals surface area contributed by atoms with Gasteiger partial charge in [0.25, 0.3) is 10.0 Å². The average Bonchev–Trinajstić information content (AvgIpc) is 2.37. The normalized spacial score (nSPS) is 11.3. The Hall–Kier alpha value is -1.43. The molecule has 0 spiro atoms. The highest BCUT2D eigenvalue weighted by atomic mass is 35.5. The zero-order chi connectivity index (χ0) is 14.9. The summed E-state index contributed by atoms with van der Waals surface area (Å²) in [4.78, 5) is -0.0755. The Morgan fingerprint density at radius 1 is 1.15 bits per heavy atom. The van der Waals surface area contributed by atoms with Gasteiger partial charge in [-0.25, -0.2) is 8.42 Å². The molecule has 0 amide bonds. The molecule has 0 unspecified atom stereocenters. The molecule has 0 heterocycles. The van der Waals surface area contributed by atoms with Gasteiger partial charge >= 0.3 is 0 Å². The molecule has 7 heteroatoms. The zero-order valence-electron chi connectivity index (χ0n) is 10.5. The van der Waals surface area contributed by atoms with Gasteiger partial charge in [-0.2, -0.15) is 0 Å². The summed E-state index contributed by atoms with van der Waals surface area (Å²) in [5, 5.41) is 0.391. The summed E-state index contributed by atoms with van der Waals surface area (Å²) < 4.78 is 27.1. The molecule has 0 fully saturated rings. The van der Waals surface area contributed by atoms with Crippen molar-refractivity contribution in [2.24, 2.45) is 0 Å². The van der Waals surface area contributed by atoms with Crippen LogP contribution in [0.1, 0.15) is 5.56 Å². The Bertz CT molecular complexity index is 761. The van der Waals surface area contributed by atoms with Crippen LogP contribution in [-0.4, -0.2) is 8.42 Å². The predicted molar refractivity (Wildman–Crippen MR) is 82.9 cm³/mol. The lowest BCUT2D eigenvalue weighted by Gasteiger charge is -2.13. The van der Waals surface area contributed by atoms with Crippen LogP contribution in [0.3, 0.4) is 0 Å². The molecule has 2 aromatic rings. The van der Waals surface area contributed by atoms with Gasteiger partial charge in [0.15, 0.2) is 0 Å². The second-order valence-corrected chi connectivity index (χ2v) is 6.69. The largest absolute Gasteiger partial charge is 0.398 e. The highest BCUT2D eigenvalue weighted by Gasteiger charge is 2.19. The lowest BCUT2D eigenvalue weighted by molar-refractivity contribution is 0.601. The number of rotatable bonds is 3. The van der Waals surface area contributed by atoms with E-state index in [1.807, 2.05) is 0 Å². The fraction of sp³-hybridized carbons (Fsp3) is 0.0769. The van der Waals surface area contributed by atoms with Crippen LogP contribution in [0, 0.1) is 6.92 Å². The number of sulfonamides is 1. The second-order valence-electron chi connectivity index (χ2n) is 4.20. The van der Waals surface area contributed by atoms with E-state index >= 15 is 0 Å². The van der Waals surface area contributed by atoms with Crippen LogP contribution < -0.4 is 10.5 Å². The number of hydrogen-bond donors (Lipinski definition) is 2. The molecule has 0 aliphatic rings. The number of hydrogen-bond acceptors (Lipinski definition) is 3. The van der Waals surface area contributed by atoms with Crippen molar-refractivity contribution in [1.29, 1.82) is 0 Å². The fourth-order valence-electron chi connectivity index (χ4n) is 1.65. The maximum absolute atomic E-state index is 12.3. The molecule has 0 saturated carbocycles. The number of halogens is 2. The summed E-state index contributed by atoms with van der Waals surface area (Å²) in [6, 6.07) is 9.24. The number of benzene rings is 2. The van der Waals surface area contributed by atoms with E-state index in [1.54, 1.807) is 25.1 Å². The van der Waals surface area contributed by atoms with Gasteiger partial charge in [-0.1, -0.05) is 29.3 Å². The smallest absolute Gasteiger partial charge is 0.263 e. The molecule has 0 aromatic heterocycles. The molecule has 2 rings (SSSR count). The molecular formula is C13H12Cl2N2O2S. The maximum atomic E-state index is 12.3. The van der Waals surface area contributed by atoms with E-state index in [9.17, 15) is 8.42 Å². The predicted octanol–water partition coefficient (Wildman–Crippen LogP) is 3.68. The van der Waals surface area contributed by atoms with Gasteiger partial charge in [0.05, 0.1) is 10.7 Å². The summed E-state index contributed by atoms with van der Waals surface area (Å²) in [5.74, 6) is 0. The number of anilines is 2. The van der Waals surface area contributed by atoms with Gasteiger partial charge in [-0.3, -0.25) is 4.72 Å². The lowest BCUT2D eigenvalue weighted by Crippen LogP contribution is -2.14. The molecule has 3 N–H and O–H groups in total. The average molecular weight is 331 g/mol. The van der Waals surface area contributed by atoms with E-state index in [-0.39, 0.29) is 9.92 Å². The number of nitrogens with two attached hydrogens (primary N) is 1. The van der Waals surface area contributed by atoms with Gasteiger partial charge in [0, 0.05) is 10.7 Å². The van der Waals surface area contributed by atoms with Gasteiger partial charge < -0.3 is 5.73 Å². The highest BCUT2D eigenvalue weighted by molar-refractivity contribution is 7.92. The van der Waals surface area contributed by atoms with Crippen molar-refractivity contribution >= 4 is 44.6 Å². The summed E-state index contributed by atoms with van der Waals surface area (Å²) >= 11 is 11.7. The molecule has 106 valence electrons. The van der Waals surface area contributed by atoms with Crippen LogP contribution in [0.5, 0.6) is 0 Å². The monoisotopic (exact) mass is 330 g/mol. The third-order valence-corrected chi connectivity index (χ3v) is 4.88.